The van der Waals surface area contributed by atoms with E-state index in [1.165, 1.54) is 4.88 Å². The fourth-order valence-corrected chi connectivity index (χ4v) is 3.55. The molecule has 1 fully saturated rings. The fraction of sp³-hybridized carbons (Fsp3) is 0.389. The van der Waals surface area contributed by atoms with Crippen LogP contribution in [0.2, 0.25) is 0 Å². The van der Waals surface area contributed by atoms with Crippen LogP contribution in [0, 0.1) is 0 Å². The second-order valence-electron chi connectivity index (χ2n) is 5.66. The highest BCUT2D eigenvalue weighted by Crippen LogP contribution is 2.18. The average Bonchev–Trinajstić information content (AvgIpc) is 3.10. The van der Waals surface area contributed by atoms with Crippen LogP contribution in [0.25, 0.3) is 0 Å². The van der Waals surface area contributed by atoms with Gasteiger partial charge in [0.2, 0.25) is 0 Å². The van der Waals surface area contributed by atoms with E-state index in [2.05, 4.69) is 22.8 Å². The third kappa shape index (κ3) is 4.56. The van der Waals surface area contributed by atoms with Gasteiger partial charge >= 0.3 is 6.03 Å². The van der Waals surface area contributed by atoms with Crippen LogP contribution in [-0.4, -0.2) is 36.7 Å². The third-order valence-electron chi connectivity index (χ3n) is 4.10. The lowest BCUT2D eigenvalue weighted by Crippen LogP contribution is -2.46. The quantitative estimate of drug-likeness (QED) is 0.900. The zero-order chi connectivity index (χ0) is 15.9. The van der Waals surface area contributed by atoms with Crippen LogP contribution in [-0.2, 0) is 11.2 Å². The van der Waals surface area contributed by atoms with E-state index in [0.717, 1.165) is 44.7 Å². The van der Waals surface area contributed by atoms with Crippen molar-refractivity contribution in [3.63, 3.8) is 0 Å². The Bertz CT molecular complexity index is 595. The number of hydrogen-bond acceptors (Lipinski definition) is 3. The molecule has 2 aromatic rings. The molecule has 4 nitrogen and oxygen atoms in total. The molecule has 1 aromatic heterocycles. The van der Waals surface area contributed by atoms with E-state index in [1.54, 1.807) is 11.3 Å². The molecule has 0 saturated carbocycles. The summed E-state index contributed by atoms with van der Waals surface area (Å²) in [5.74, 6) is 0. The van der Waals surface area contributed by atoms with Crippen LogP contribution < -0.4 is 5.32 Å². The number of urea groups is 1. The standard InChI is InChI=1S/C18H22N2O2S/c21-18(19-15-5-2-1-3-6-15)20(16-9-12-22-13-10-16)11-8-17-7-4-14-23-17/h1-7,14,16H,8-13H2,(H,19,21). The molecule has 1 aliphatic heterocycles. The van der Waals surface area contributed by atoms with Crippen molar-refractivity contribution in [2.75, 3.05) is 25.1 Å². The van der Waals surface area contributed by atoms with Gasteiger partial charge < -0.3 is 15.0 Å². The third-order valence-corrected chi connectivity index (χ3v) is 5.03. The number of para-hydroxylation sites is 1. The van der Waals surface area contributed by atoms with E-state index in [9.17, 15) is 4.79 Å². The zero-order valence-corrected chi connectivity index (χ0v) is 13.9. The largest absolute Gasteiger partial charge is 0.381 e. The number of nitrogens with zero attached hydrogens (tertiary/aromatic N) is 1. The molecule has 1 aliphatic rings. The van der Waals surface area contributed by atoms with Gasteiger partial charge in [-0.25, -0.2) is 4.79 Å². The molecule has 122 valence electrons. The smallest absolute Gasteiger partial charge is 0.322 e. The molecular weight excluding hydrogens is 308 g/mol. The second kappa shape index (κ2) is 8.13. The van der Waals surface area contributed by atoms with Crippen LogP contribution >= 0.6 is 11.3 Å². The van der Waals surface area contributed by atoms with Crippen molar-refractivity contribution >= 4 is 23.1 Å². The van der Waals surface area contributed by atoms with E-state index >= 15 is 0 Å². The number of amides is 2. The number of carbonyl (C=O) groups excluding carboxylic acids is 1. The molecule has 23 heavy (non-hydrogen) atoms. The van der Waals surface area contributed by atoms with Crippen LogP contribution in [0.5, 0.6) is 0 Å². The molecule has 0 spiro atoms. The number of anilines is 1. The van der Waals surface area contributed by atoms with Crippen molar-refractivity contribution < 1.29 is 9.53 Å². The van der Waals surface area contributed by atoms with Crippen molar-refractivity contribution in [3.05, 3.63) is 52.7 Å². The van der Waals surface area contributed by atoms with Gasteiger partial charge in [0.05, 0.1) is 0 Å². The van der Waals surface area contributed by atoms with E-state index in [1.807, 2.05) is 35.2 Å². The number of rotatable bonds is 5. The Balaban J connectivity index is 1.66. The summed E-state index contributed by atoms with van der Waals surface area (Å²) in [6.07, 6.45) is 2.72. The Labute approximate surface area is 141 Å². The number of nitrogens with one attached hydrogen (secondary N) is 1. The SMILES string of the molecule is O=C(Nc1ccccc1)N(CCc1cccs1)C1CCOCC1. The Morgan fingerprint density at radius 3 is 2.65 bits per heavy atom. The second-order valence-corrected chi connectivity index (χ2v) is 6.69. The van der Waals surface area contributed by atoms with Gasteiger partial charge in [0.25, 0.3) is 0 Å². The fourth-order valence-electron chi connectivity index (χ4n) is 2.85. The lowest BCUT2D eigenvalue weighted by molar-refractivity contribution is 0.0484. The zero-order valence-electron chi connectivity index (χ0n) is 13.1. The minimum Gasteiger partial charge on any atom is -0.381 e. The van der Waals surface area contributed by atoms with Gasteiger partial charge in [0.15, 0.2) is 0 Å². The van der Waals surface area contributed by atoms with Crippen LogP contribution in [0.15, 0.2) is 47.8 Å². The number of hydrogen-bond donors (Lipinski definition) is 1. The van der Waals surface area contributed by atoms with Crippen molar-refractivity contribution in [1.82, 2.24) is 4.90 Å². The molecule has 3 rings (SSSR count). The predicted molar refractivity (Wildman–Crippen MR) is 94.0 cm³/mol. The summed E-state index contributed by atoms with van der Waals surface area (Å²) in [6, 6.07) is 14.1. The Kier molecular flexibility index (Phi) is 5.66. The summed E-state index contributed by atoms with van der Waals surface area (Å²) in [7, 11) is 0. The number of ether oxygens (including phenoxy) is 1. The lowest BCUT2D eigenvalue weighted by atomic mass is 10.1. The first-order chi connectivity index (χ1) is 11.3. The summed E-state index contributed by atoms with van der Waals surface area (Å²) >= 11 is 1.74. The number of carbonyl (C=O) groups is 1. The monoisotopic (exact) mass is 330 g/mol. The summed E-state index contributed by atoms with van der Waals surface area (Å²) in [6.45, 7) is 2.21. The average molecular weight is 330 g/mol. The molecule has 0 unspecified atom stereocenters. The molecule has 1 aromatic carbocycles. The van der Waals surface area contributed by atoms with Gasteiger partial charge in [-0.1, -0.05) is 24.3 Å². The van der Waals surface area contributed by atoms with Crippen molar-refractivity contribution in [1.29, 1.82) is 0 Å². The molecule has 0 bridgehead atoms. The molecule has 2 amide bonds. The maximum absolute atomic E-state index is 12.7. The molecule has 0 aliphatic carbocycles. The number of benzene rings is 1. The topological polar surface area (TPSA) is 41.6 Å². The van der Waals surface area contributed by atoms with Gasteiger partial charge in [-0.3, -0.25) is 0 Å². The Hall–Kier alpha value is -1.85. The van der Waals surface area contributed by atoms with Crippen LogP contribution in [0.3, 0.4) is 0 Å². The summed E-state index contributed by atoms with van der Waals surface area (Å²) in [4.78, 5) is 16.0. The first-order valence-electron chi connectivity index (χ1n) is 8.06. The molecule has 0 radical (unpaired) electrons. The molecule has 1 saturated heterocycles. The van der Waals surface area contributed by atoms with E-state index in [4.69, 9.17) is 4.74 Å². The lowest BCUT2D eigenvalue weighted by Gasteiger charge is -2.34. The van der Waals surface area contributed by atoms with Gasteiger partial charge in [0, 0.05) is 36.4 Å². The number of thiophene rings is 1. The molecular formula is C18H22N2O2S. The summed E-state index contributed by atoms with van der Waals surface area (Å²) in [5.41, 5.74) is 0.839. The van der Waals surface area contributed by atoms with E-state index in [-0.39, 0.29) is 12.1 Å². The minimum absolute atomic E-state index is 0.0142. The van der Waals surface area contributed by atoms with E-state index < -0.39 is 0 Å². The highest BCUT2D eigenvalue weighted by molar-refractivity contribution is 7.09. The highest BCUT2D eigenvalue weighted by Gasteiger charge is 2.25. The first kappa shape index (κ1) is 16.0. The summed E-state index contributed by atoms with van der Waals surface area (Å²) < 4.78 is 5.44. The maximum atomic E-state index is 12.7. The maximum Gasteiger partial charge on any atom is 0.322 e. The van der Waals surface area contributed by atoms with Crippen LogP contribution in [0.1, 0.15) is 17.7 Å². The molecule has 5 heteroatoms. The summed E-state index contributed by atoms with van der Waals surface area (Å²) in [5, 5.41) is 5.10. The van der Waals surface area contributed by atoms with Crippen molar-refractivity contribution in [2.24, 2.45) is 0 Å². The molecule has 2 heterocycles. The van der Waals surface area contributed by atoms with Crippen molar-refractivity contribution in [3.8, 4) is 0 Å². The van der Waals surface area contributed by atoms with E-state index in [0.29, 0.717) is 0 Å². The van der Waals surface area contributed by atoms with Crippen molar-refractivity contribution in [2.45, 2.75) is 25.3 Å². The van der Waals surface area contributed by atoms with Gasteiger partial charge in [-0.2, -0.15) is 0 Å². The van der Waals surface area contributed by atoms with Crippen LogP contribution in [0.4, 0.5) is 10.5 Å². The Morgan fingerprint density at radius 1 is 1.17 bits per heavy atom. The van der Waals surface area contributed by atoms with Gasteiger partial charge in [-0.05, 0) is 42.8 Å². The minimum atomic E-state index is -0.0142. The Morgan fingerprint density at radius 2 is 1.96 bits per heavy atom. The van der Waals surface area contributed by atoms with Gasteiger partial charge in [0.1, 0.15) is 0 Å². The molecule has 0 atom stereocenters. The molecule has 1 N–H and O–H groups in total. The van der Waals surface area contributed by atoms with Gasteiger partial charge in [-0.15, -0.1) is 11.3 Å². The highest BCUT2D eigenvalue weighted by atomic mass is 32.1. The first-order valence-corrected chi connectivity index (χ1v) is 8.94. The predicted octanol–water partition coefficient (Wildman–Crippen LogP) is 4.00. The normalized spacial score (nSPS) is 15.3.